The summed E-state index contributed by atoms with van der Waals surface area (Å²) in [5, 5.41) is 0.738. The van der Waals surface area contributed by atoms with Gasteiger partial charge in [-0.3, -0.25) is 8.74 Å². The van der Waals surface area contributed by atoms with Crippen molar-refractivity contribution < 1.29 is 21.7 Å². The van der Waals surface area contributed by atoms with Gasteiger partial charge in [0.25, 0.3) is 0 Å². The van der Waals surface area contributed by atoms with Gasteiger partial charge in [-0.1, -0.05) is 23.7 Å². The Balaban J connectivity index is 0.000000277. The molecule has 0 atom stereocenters. The van der Waals surface area contributed by atoms with E-state index in [1.54, 1.807) is 0 Å². The van der Waals surface area contributed by atoms with Gasteiger partial charge in [-0.25, -0.2) is 4.98 Å². The third-order valence-corrected chi connectivity index (χ3v) is 3.98. The van der Waals surface area contributed by atoms with Crippen LogP contribution in [0.15, 0.2) is 36.4 Å². The zero-order valence-corrected chi connectivity index (χ0v) is 14.4. The molecule has 0 saturated heterocycles. The lowest BCUT2D eigenvalue weighted by Crippen LogP contribution is -2.30. The molecule has 1 aromatic heterocycles. The fourth-order valence-electron chi connectivity index (χ4n) is 2.17. The van der Waals surface area contributed by atoms with Gasteiger partial charge >= 0.3 is 10.4 Å². The van der Waals surface area contributed by atoms with Crippen LogP contribution in [0.4, 0.5) is 0 Å². The van der Waals surface area contributed by atoms with E-state index in [1.165, 1.54) is 5.56 Å². The molecule has 122 valence electrons. The Morgan fingerprint density at radius 1 is 1.22 bits per heavy atom. The molecule has 0 spiro atoms. The van der Waals surface area contributed by atoms with Crippen molar-refractivity contribution in [2.24, 2.45) is 7.05 Å². The molecule has 6 nitrogen and oxygen atoms in total. The van der Waals surface area contributed by atoms with Crippen molar-refractivity contribution >= 4 is 44.1 Å². The number of para-hydroxylation sites is 1. The number of hydrogen-bond donors (Lipinski definition) is 1. The van der Waals surface area contributed by atoms with E-state index in [0.29, 0.717) is 0 Å². The molecule has 23 heavy (non-hydrogen) atoms. The number of aryl methyl sites for hydroxylation is 2. The van der Waals surface area contributed by atoms with E-state index < -0.39 is 10.4 Å². The minimum Gasteiger partial charge on any atom is -0.264 e. The molecular formula is C15H16ClN2O4S+. The van der Waals surface area contributed by atoms with Crippen molar-refractivity contribution in [2.45, 2.75) is 6.92 Å². The van der Waals surface area contributed by atoms with Crippen LogP contribution >= 0.6 is 11.6 Å². The van der Waals surface area contributed by atoms with Gasteiger partial charge in [0.1, 0.15) is 18.1 Å². The summed E-state index contributed by atoms with van der Waals surface area (Å²) in [5.74, 6) is 0. The van der Waals surface area contributed by atoms with Gasteiger partial charge < -0.3 is 0 Å². The van der Waals surface area contributed by atoms with Crippen LogP contribution in [0.3, 0.4) is 0 Å². The van der Waals surface area contributed by atoms with Crippen molar-refractivity contribution in [1.82, 2.24) is 4.98 Å². The molecule has 1 N–H and O–H groups in total. The molecule has 2 aromatic carbocycles. The maximum absolute atomic E-state index is 9.33. The molecule has 0 unspecified atom stereocenters. The molecule has 0 aliphatic heterocycles. The Bertz CT molecular complexity index is 970. The van der Waals surface area contributed by atoms with Crippen LogP contribution in [0.2, 0.25) is 5.02 Å². The first-order chi connectivity index (χ1) is 10.7. The second kappa shape index (κ2) is 6.76. The highest BCUT2D eigenvalue weighted by Crippen LogP contribution is 2.19. The van der Waals surface area contributed by atoms with E-state index in [4.69, 9.17) is 21.1 Å². The number of halogens is 1. The van der Waals surface area contributed by atoms with Gasteiger partial charge in [0.05, 0.1) is 7.11 Å². The summed E-state index contributed by atoms with van der Waals surface area (Å²) in [7, 11) is -1.25. The number of nitrogens with zero attached hydrogens (tertiary/aromatic N) is 2. The maximum atomic E-state index is 9.33. The van der Waals surface area contributed by atoms with Crippen molar-refractivity contribution in [3.8, 4) is 0 Å². The van der Waals surface area contributed by atoms with Crippen LogP contribution in [-0.4, -0.2) is 25.1 Å². The minimum absolute atomic E-state index is 0.738. The second-order valence-corrected chi connectivity index (χ2v) is 6.47. The molecule has 0 radical (unpaired) electrons. The number of fused-ring (bicyclic) bond motifs is 2. The number of rotatable bonds is 1. The van der Waals surface area contributed by atoms with Crippen molar-refractivity contribution in [3.63, 3.8) is 0 Å². The third-order valence-electron chi connectivity index (χ3n) is 3.32. The summed E-state index contributed by atoms with van der Waals surface area (Å²) in [6.45, 7) is 2.08. The normalized spacial score (nSPS) is 11.3. The Morgan fingerprint density at radius 2 is 1.87 bits per heavy atom. The lowest BCUT2D eigenvalue weighted by Gasteiger charge is -2.03. The highest BCUT2D eigenvalue weighted by Gasteiger charge is 2.14. The maximum Gasteiger partial charge on any atom is 0.397 e. The number of benzene rings is 2. The lowest BCUT2D eigenvalue weighted by molar-refractivity contribution is -0.617. The molecular weight excluding hydrogens is 340 g/mol. The molecule has 0 fully saturated rings. The van der Waals surface area contributed by atoms with Crippen molar-refractivity contribution in [3.05, 3.63) is 47.0 Å². The van der Waals surface area contributed by atoms with Gasteiger partial charge in [0.2, 0.25) is 11.0 Å². The minimum atomic E-state index is -4.16. The first-order valence-corrected chi connectivity index (χ1v) is 8.35. The van der Waals surface area contributed by atoms with Gasteiger partial charge in [0.15, 0.2) is 0 Å². The Morgan fingerprint density at radius 3 is 2.48 bits per heavy atom. The summed E-state index contributed by atoms with van der Waals surface area (Å²) in [4.78, 5) is 4.70. The highest BCUT2D eigenvalue weighted by molar-refractivity contribution is 7.80. The topological polar surface area (TPSA) is 80.4 Å². The fraction of sp³-hybridized carbons (Fsp3) is 0.200. The zero-order valence-electron chi connectivity index (χ0n) is 12.8. The fourth-order valence-corrected chi connectivity index (χ4v) is 2.34. The highest BCUT2D eigenvalue weighted by atomic mass is 35.5. The van der Waals surface area contributed by atoms with E-state index in [0.717, 1.165) is 34.2 Å². The predicted octanol–water partition coefficient (Wildman–Crippen LogP) is 2.61. The number of hydrogen-bond acceptors (Lipinski definition) is 4. The monoisotopic (exact) mass is 355 g/mol. The molecule has 0 aliphatic carbocycles. The Labute approximate surface area is 139 Å². The van der Waals surface area contributed by atoms with E-state index in [9.17, 15) is 8.42 Å². The SMILES string of the molecule is COS(=O)(=O)O.Cc1cccc2c1nc1ccc(Cl)cc1[n+]2C. The largest absolute Gasteiger partial charge is 0.397 e. The van der Waals surface area contributed by atoms with Crippen LogP contribution in [0.25, 0.3) is 22.1 Å². The standard InChI is InChI=1S/C14H12ClN2.CH4O4S/c1-9-4-3-5-12-14(9)16-11-7-6-10(15)8-13(11)17(12)2;1-5-6(2,3)4/h3-8H,1-2H3;1H3,(H,2,3,4)/q+1;. The second-order valence-electron chi connectivity index (χ2n) is 4.84. The smallest absolute Gasteiger partial charge is 0.264 e. The van der Waals surface area contributed by atoms with Gasteiger partial charge in [-0.2, -0.15) is 13.0 Å². The van der Waals surface area contributed by atoms with Gasteiger partial charge in [0, 0.05) is 17.2 Å². The Hall–Kier alpha value is -1.80. The Kier molecular flexibility index (Phi) is 5.16. The quantitative estimate of drug-likeness (QED) is 0.412. The van der Waals surface area contributed by atoms with E-state index in [-0.39, 0.29) is 0 Å². The van der Waals surface area contributed by atoms with Crippen molar-refractivity contribution in [2.75, 3.05) is 7.11 Å². The van der Waals surface area contributed by atoms with Gasteiger partial charge in [-0.15, -0.1) is 0 Å². The van der Waals surface area contributed by atoms with Crippen LogP contribution in [0.1, 0.15) is 5.56 Å². The summed E-state index contributed by atoms with van der Waals surface area (Å²) >= 11 is 6.03. The molecule has 0 bridgehead atoms. The molecule has 0 saturated carbocycles. The average molecular weight is 356 g/mol. The molecule has 1 heterocycles. The average Bonchev–Trinajstić information content (AvgIpc) is 2.49. The molecule has 0 aliphatic rings. The molecule has 0 amide bonds. The number of aromatic nitrogens is 2. The van der Waals surface area contributed by atoms with E-state index in [1.807, 2.05) is 25.2 Å². The van der Waals surface area contributed by atoms with Crippen LogP contribution in [-0.2, 0) is 21.6 Å². The summed E-state index contributed by atoms with van der Waals surface area (Å²) in [5.41, 5.74) is 5.38. The van der Waals surface area contributed by atoms with Gasteiger partial charge in [-0.05, 0) is 24.6 Å². The summed E-state index contributed by atoms with van der Waals surface area (Å²) in [6.07, 6.45) is 0. The summed E-state index contributed by atoms with van der Waals surface area (Å²) < 4.78 is 31.8. The molecule has 8 heteroatoms. The first kappa shape index (κ1) is 17.6. The molecule has 3 rings (SSSR count). The zero-order chi connectivity index (χ0) is 17.2. The van der Waals surface area contributed by atoms with Crippen LogP contribution in [0.5, 0.6) is 0 Å². The van der Waals surface area contributed by atoms with Crippen molar-refractivity contribution in [1.29, 1.82) is 0 Å². The third kappa shape index (κ3) is 4.14. The molecule has 3 aromatic rings. The van der Waals surface area contributed by atoms with Crippen LogP contribution < -0.4 is 4.57 Å². The first-order valence-electron chi connectivity index (χ1n) is 6.60. The lowest BCUT2D eigenvalue weighted by atomic mass is 10.1. The van der Waals surface area contributed by atoms with E-state index in [2.05, 4.69) is 33.9 Å². The van der Waals surface area contributed by atoms with Crippen LogP contribution in [0, 0.1) is 6.92 Å². The van der Waals surface area contributed by atoms with E-state index >= 15 is 0 Å². The summed E-state index contributed by atoms with van der Waals surface area (Å²) in [6, 6.07) is 12.0. The predicted molar refractivity (Wildman–Crippen MR) is 88.7 cm³/mol.